The molecule has 0 spiro atoms. The molecule has 3 rings (SSSR count). The summed E-state index contributed by atoms with van der Waals surface area (Å²) in [6.45, 7) is 7.46. The summed E-state index contributed by atoms with van der Waals surface area (Å²) in [6.07, 6.45) is 0.263. The average Bonchev–Trinajstić information content (AvgIpc) is 3.37. The normalized spacial score (nSPS) is 11.8. The van der Waals surface area contributed by atoms with Gasteiger partial charge in [-0.2, -0.15) is 0 Å². The van der Waals surface area contributed by atoms with Gasteiger partial charge in [0.2, 0.25) is 17.7 Å². The van der Waals surface area contributed by atoms with Gasteiger partial charge in [0, 0.05) is 30.0 Å². The van der Waals surface area contributed by atoms with Crippen molar-refractivity contribution >= 4 is 29.2 Å². The molecular formula is C30H38N4O7. The Morgan fingerprint density at radius 2 is 1.66 bits per heavy atom. The molecule has 0 saturated heterocycles. The third-order valence-corrected chi connectivity index (χ3v) is 6.65. The number of hydrogen-bond acceptors (Lipinski definition) is 8. The van der Waals surface area contributed by atoms with Crippen molar-refractivity contribution in [2.24, 2.45) is 0 Å². The van der Waals surface area contributed by atoms with Crippen molar-refractivity contribution in [2.45, 2.75) is 58.5 Å². The van der Waals surface area contributed by atoms with E-state index in [1.165, 1.54) is 26.2 Å². The molecule has 3 aromatic rings. The third-order valence-electron chi connectivity index (χ3n) is 6.65. The summed E-state index contributed by atoms with van der Waals surface area (Å²) in [5.41, 5.74) is 0.178. The maximum absolute atomic E-state index is 14.1. The monoisotopic (exact) mass is 566 g/mol. The smallest absolute Gasteiger partial charge is 0.248 e. The first-order valence-electron chi connectivity index (χ1n) is 13.3. The lowest BCUT2D eigenvalue weighted by molar-refractivity contribution is -0.128. The molecule has 0 aliphatic carbocycles. The molecule has 0 bridgehead atoms. The van der Waals surface area contributed by atoms with Gasteiger partial charge in [-0.05, 0) is 45.4 Å². The highest BCUT2D eigenvalue weighted by Crippen LogP contribution is 2.41. The Morgan fingerprint density at radius 1 is 0.976 bits per heavy atom. The summed E-state index contributed by atoms with van der Waals surface area (Å²) in [6, 6.07) is 12.4. The lowest BCUT2D eigenvalue weighted by Crippen LogP contribution is -2.50. The number of nitrogens with zero attached hydrogens (tertiary/aromatic N) is 2. The van der Waals surface area contributed by atoms with Crippen LogP contribution in [0.2, 0.25) is 0 Å². The Kier molecular flexibility index (Phi) is 10.3. The number of hydrogen-bond donors (Lipinski definition) is 2. The molecule has 1 heterocycles. The fourth-order valence-corrected chi connectivity index (χ4v) is 4.23. The van der Waals surface area contributed by atoms with Crippen molar-refractivity contribution < 1.29 is 33.1 Å². The van der Waals surface area contributed by atoms with Gasteiger partial charge in [-0.3, -0.25) is 19.3 Å². The van der Waals surface area contributed by atoms with Gasteiger partial charge < -0.3 is 29.4 Å². The number of aryl methyl sites for hydroxylation is 1. The van der Waals surface area contributed by atoms with Crippen LogP contribution in [0.5, 0.6) is 17.2 Å². The molecule has 2 N–H and O–H groups in total. The minimum Gasteiger partial charge on any atom is -0.495 e. The molecule has 0 radical (unpaired) electrons. The Bertz CT molecular complexity index is 1370. The second-order valence-electron chi connectivity index (χ2n) is 10.0. The predicted octanol–water partition coefficient (Wildman–Crippen LogP) is 4.81. The highest BCUT2D eigenvalue weighted by molar-refractivity contribution is 6.04. The molecule has 11 nitrogen and oxygen atoms in total. The fraction of sp³-hybridized carbons (Fsp3) is 0.400. The summed E-state index contributed by atoms with van der Waals surface area (Å²) >= 11 is 0. The van der Waals surface area contributed by atoms with E-state index in [2.05, 4.69) is 15.8 Å². The van der Waals surface area contributed by atoms with Crippen molar-refractivity contribution in [3.63, 3.8) is 0 Å². The number of rotatable bonds is 13. The van der Waals surface area contributed by atoms with Gasteiger partial charge >= 0.3 is 0 Å². The zero-order valence-electron chi connectivity index (χ0n) is 24.6. The highest BCUT2D eigenvalue weighted by Gasteiger charge is 2.38. The third kappa shape index (κ3) is 7.56. The van der Waals surface area contributed by atoms with Gasteiger partial charge in [0.25, 0.3) is 0 Å². The molecule has 0 aliphatic heterocycles. The summed E-state index contributed by atoms with van der Waals surface area (Å²) < 4.78 is 21.8. The van der Waals surface area contributed by atoms with E-state index in [9.17, 15) is 14.4 Å². The standard InChI is InChI=1S/C30H38N4O7/c1-8-30(3,4)32-29(37)27(20-12-11-15-23(39-6)28(20)40-7)34(21-13-9-10-14-22(21)38-5)26(36)17-16-25(35)31-24-18-19(2)41-33-24/h9-15,18,27H,8,16-17H2,1-7H3,(H,32,37)(H,31,33,35). The summed E-state index contributed by atoms with van der Waals surface area (Å²) in [5, 5.41) is 9.45. The molecule has 1 atom stereocenters. The molecule has 1 unspecified atom stereocenters. The largest absolute Gasteiger partial charge is 0.495 e. The number of carbonyl (C=O) groups is 3. The van der Waals surface area contributed by atoms with Crippen LogP contribution >= 0.6 is 0 Å². The summed E-state index contributed by atoms with van der Waals surface area (Å²) in [7, 11) is 4.45. The number of amides is 3. The molecule has 1 aromatic heterocycles. The maximum atomic E-state index is 14.1. The van der Waals surface area contributed by atoms with Crippen molar-refractivity contribution in [1.82, 2.24) is 10.5 Å². The Balaban J connectivity index is 2.11. The fourth-order valence-electron chi connectivity index (χ4n) is 4.23. The lowest BCUT2D eigenvalue weighted by atomic mass is 9.97. The molecule has 41 heavy (non-hydrogen) atoms. The second-order valence-corrected chi connectivity index (χ2v) is 10.0. The number of nitrogens with one attached hydrogen (secondary N) is 2. The van der Waals surface area contributed by atoms with Gasteiger partial charge in [-0.1, -0.05) is 36.3 Å². The number of benzene rings is 2. The lowest BCUT2D eigenvalue weighted by Gasteiger charge is -2.35. The quantitative estimate of drug-likeness (QED) is 0.301. The van der Waals surface area contributed by atoms with Crippen LogP contribution < -0.4 is 29.7 Å². The van der Waals surface area contributed by atoms with Crippen LogP contribution in [0.3, 0.4) is 0 Å². The highest BCUT2D eigenvalue weighted by atomic mass is 16.5. The maximum Gasteiger partial charge on any atom is 0.248 e. The number of aromatic nitrogens is 1. The topological polar surface area (TPSA) is 132 Å². The predicted molar refractivity (Wildman–Crippen MR) is 154 cm³/mol. The van der Waals surface area contributed by atoms with Crippen LogP contribution in [0.15, 0.2) is 53.1 Å². The molecule has 0 saturated carbocycles. The summed E-state index contributed by atoms with van der Waals surface area (Å²) in [4.78, 5) is 42.3. The number of carbonyl (C=O) groups excluding carboxylic acids is 3. The van der Waals surface area contributed by atoms with Crippen LogP contribution in [-0.2, 0) is 14.4 Å². The molecule has 0 fully saturated rings. The second kappa shape index (κ2) is 13.7. The number of methoxy groups -OCH3 is 3. The molecule has 11 heteroatoms. The van der Waals surface area contributed by atoms with E-state index >= 15 is 0 Å². The van der Waals surface area contributed by atoms with Crippen LogP contribution in [0.1, 0.15) is 57.4 Å². The first kappa shape index (κ1) is 31.0. The van der Waals surface area contributed by atoms with Crippen molar-refractivity contribution in [3.8, 4) is 17.2 Å². The van der Waals surface area contributed by atoms with Crippen molar-refractivity contribution in [2.75, 3.05) is 31.5 Å². The van der Waals surface area contributed by atoms with E-state index in [0.717, 1.165) is 0 Å². The van der Waals surface area contributed by atoms with Crippen LogP contribution in [0.25, 0.3) is 0 Å². The molecule has 2 aromatic carbocycles. The van der Waals surface area contributed by atoms with E-state index < -0.39 is 29.3 Å². The average molecular weight is 567 g/mol. The van der Waals surface area contributed by atoms with Gasteiger partial charge in [-0.15, -0.1) is 0 Å². The van der Waals surface area contributed by atoms with Crippen LogP contribution in [-0.4, -0.2) is 49.7 Å². The van der Waals surface area contributed by atoms with Gasteiger partial charge in [0.15, 0.2) is 17.3 Å². The van der Waals surface area contributed by atoms with E-state index in [4.69, 9.17) is 18.7 Å². The van der Waals surface area contributed by atoms with Crippen LogP contribution in [0.4, 0.5) is 11.5 Å². The van der Waals surface area contributed by atoms with Crippen molar-refractivity contribution in [3.05, 3.63) is 59.9 Å². The first-order valence-corrected chi connectivity index (χ1v) is 13.3. The molecule has 0 aliphatic rings. The Hall–Kier alpha value is -4.54. The zero-order chi connectivity index (χ0) is 30.2. The van der Waals surface area contributed by atoms with E-state index in [0.29, 0.717) is 40.7 Å². The minimum atomic E-state index is -1.20. The molecule has 220 valence electrons. The number of anilines is 2. The van der Waals surface area contributed by atoms with Crippen LogP contribution in [0, 0.1) is 6.92 Å². The zero-order valence-corrected chi connectivity index (χ0v) is 24.6. The Morgan fingerprint density at radius 3 is 2.27 bits per heavy atom. The van der Waals surface area contributed by atoms with E-state index in [1.807, 2.05) is 20.8 Å². The summed E-state index contributed by atoms with van der Waals surface area (Å²) in [5.74, 6) is 0.502. The van der Waals surface area contributed by atoms with E-state index in [1.54, 1.807) is 55.5 Å². The SMILES string of the molecule is CCC(C)(C)NC(=O)C(c1cccc(OC)c1OC)N(C(=O)CCC(=O)Nc1cc(C)on1)c1ccccc1OC. The van der Waals surface area contributed by atoms with Crippen molar-refractivity contribution in [1.29, 1.82) is 0 Å². The Labute approximate surface area is 240 Å². The number of para-hydroxylation sites is 3. The van der Waals surface area contributed by atoms with Gasteiger partial charge in [0.05, 0.1) is 27.0 Å². The minimum absolute atomic E-state index is 0.166. The first-order chi connectivity index (χ1) is 19.5. The molecule has 3 amide bonds. The van der Waals surface area contributed by atoms with Gasteiger partial charge in [0.1, 0.15) is 17.6 Å². The van der Waals surface area contributed by atoms with Gasteiger partial charge in [-0.25, -0.2) is 0 Å². The molecular weight excluding hydrogens is 528 g/mol. The number of ether oxygens (including phenoxy) is 3. The van der Waals surface area contributed by atoms with E-state index in [-0.39, 0.29) is 18.7 Å².